The molecule has 1 N–H and O–H groups in total. The normalized spacial score (nSPS) is 30.1. The van der Waals surface area contributed by atoms with Crippen molar-refractivity contribution in [1.82, 2.24) is 0 Å². The third-order valence-corrected chi connectivity index (χ3v) is 2.83. The van der Waals surface area contributed by atoms with E-state index < -0.39 is 5.97 Å². The molecule has 0 spiro atoms. The smallest absolute Gasteiger partial charge is 0.303 e. The molecule has 0 amide bonds. The van der Waals surface area contributed by atoms with Crippen molar-refractivity contribution in [3.8, 4) is 0 Å². The molecule has 1 fully saturated rings. The van der Waals surface area contributed by atoms with Crippen molar-refractivity contribution in [2.45, 2.75) is 38.2 Å². The zero-order valence-corrected chi connectivity index (χ0v) is 8.19. The van der Waals surface area contributed by atoms with Gasteiger partial charge in [0, 0.05) is 15.9 Å². The molecular formula is C8H15O3P. The molecular weight excluding hydrogens is 175 g/mol. The molecule has 1 aliphatic rings. The molecule has 0 aliphatic heterocycles. The van der Waals surface area contributed by atoms with Gasteiger partial charge in [-0.2, -0.15) is 0 Å². The average molecular weight is 190 g/mol. The first-order valence-electron chi connectivity index (χ1n) is 4.29. The van der Waals surface area contributed by atoms with Gasteiger partial charge < -0.3 is 9.63 Å². The summed E-state index contributed by atoms with van der Waals surface area (Å²) in [7, 11) is 2.28. The van der Waals surface area contributed by atoms with Crippen LogP contribution in [0, 0.1) is 5.92 Å². The van der Waals surface area contributed by atoms with Crippen LogP contribution in [0.25, 0.3) is 0 Å². The zero-order valence-electron chi connectivity index (χ0n) is 7.03. The molecule has 1 unspecified atom stereocenters. The molecule has 0 radical (unpaired) electrons. The maximum absolute atomic E-state index is 10.4. The van der Waals surface area contributed by atoms with Gasteiger partial charge in [-0.3, -0.25) is 4.79 Å². The van der Waals surface area contributed by atoms with Gasteiger partial charge in [-0.1, -0.05) is 0 Å². The Labute approximate surface area is 74.8 Å². The maximum atomic E-state index is 10.4. The predicted octanol–water partition coefficient (Wildman–Crippen LogP) is 1.83. The first kappa shape index (κ1) is 9.94. The summed E-state index contributed by atoms with van der Waals surface area (Å²) in [4.78, 5) is 10.4. The summed E-state index contributed by atoms with van der Waals surface area (Å²) in [5.74, 6) is -0.302. The minimum atomic E-state index is -0.676. The summed E-state index contributed by atoms with van der Waals surface area (Å²) < 4.78 is 5.11. The lowest BCUT2D eigenvalue weighted by molar-refractivity contribution is -0.138. The number of aliphatic carboxylic acids is 1. The van der Waals surface area contributed by atoms with Crippen molar-refractivity contribution < 1.29 is 14.4 Å². The highest BCUT2D eigenvalue weighted by Crippen LogP contribution is 2.29. The number of hydrogen-bond acceptors (Lipinski definition) is 2. The Hall–Kier alpha value is -0.140. The lowest BCUT2D eigenvalue weighted by Gasteiger charge is -2.26. The summed E-state index contributed by atoms with van der Waals surface area (Å²) in [6.07, 6.45) is 4.64. The van der Waals surface area contributed by atoms with E-state index in [1.54, 1.807) is 0 Å². The molecule has 12 heavy (non-hydrogen) atoms. The molecule has 3 nitrogen and oxygen atoms in total. The van der Waals surface area contributed by atoms with Crippen LogP contribution in [0.15, 0.2) is 0 Å². The van der Waals surface area contributed by atoms with Crippen LogP contribution in [0.4, 0.5) is 0 Å². The van der Waals surface area contributed by atoms with Crippen molar-refractivity contribution in [2.24, 2.45) is 5.92 Å². The van der Waals surface area contributed by atoms with Gasteiger partial charge in [0.2, 0.25) is 0 Å². The molecule has 1 saturated carbocycles. The molecule has 0 aromatic heterocycles. The fourth-order valence-corrected chi connectivity index (χ4v) is 1.99. The topological polar surface area (TPSA) is 46.5 Å². The third-order valence-electron chi connectivity index (χ3n) is 2.45. The van der Waals surface area contributed by atoms with Crippen molar-refractivity contribution >= 4 is 15.4 Å². The predicted molar refractivity (Wildman–Crippen MR) is 48.8 cm³/mol. The minimum Gasteiger partial charge on any atom is -0.481 e. The SMILES string of the molecule is O=C(O)CC1CCC(OP)CC1. The molecule has 0 saturated heterocycles. The van der Waals surface area contributed by atoms with Crippen LogP contribution in [-0.4, -0.2) is 17.2 Å². The quantitative estimate of drug-likeness (QED) is 0.690. The summed E-state index contributed by atoms with van der Waals surface area (Å²) in [6.45, 7) is 0. The second-order valence-electron chi connectivity index (χ2n) is 3.38. The summed E-state index contributed by atoms with van der Waals surface area (Å²) in [5, 5.41) is 8.55. The Bertz CT molecular complexity index is 152. The highest BCUT2D eigenvalue weighted by Gasteiger charge is 2.22. The lowest BCUT2D eigenvalue weighted by Crippen LogP contribution is -2.20. The molecule has 70 valence electrons. The van der Waals surface area contributed by atoms with Crippen molar-refractivity contribution in [1.29, 1.82) is 0 Å². The first-order chi connectivity index (χ1) is 5.72. The van der Waals surface area contributed by atoms with Gasteiger partial charge in [0.25, 0.3) is 0 Å². The molecule has 4 heteroatoms. The van der Waals surface area contributed by atoms with E-state index >= 15 is 0 Å². The monoisotopic (exact) mass is 190 g/mol. The van der Waals surface area contributed by atoms with Gasteiger partial charge in [-0.25, -0.2) is 0 Å². The van der Waals surface area contributed by atoms with Crippen molar-refractivity contribution in [3.05, 3.63) is 0 Å². The molecule has 1 rings (SSSR count). The second kappa shape index (κ2) is 4.78. The second-order valence-corrected chi connectivity index (χ2v) is 3.65. The van der Waals surface area contributed by atoms with Crippen LogP contribution in [0.5, 0.6) is 0 Å². The maximum Gasteiger partial charge on any atom is 0.303 e. The molecule has 1 atom stereocenters. The van der Waals surface area contributed by atoms with Crippen LogP contribution in [0.2, 0.25) is 0 Å². The molecule has 0 aromatic carbocycles. The molecule has 0 bridgehead atoms. The van der Waals surface area contributed by atoms with Crippen molar-refractivity contribution in [3.63, 3.8) is 0 Å². The molecule has 0 aromatic rings. The van der Waals surface area contributed by atoms with E-state index in [1.165, 1.54) is 0 Å². The van der Waals surface area contributed by atoms with Crippen LogP contribution in [0.3, 0.4) is 0 Å². The van der Waals surface area contributed by atoms with Crippen LogP contribution < -0.4 is 0 Å². The van der Waals surface area contributed by atoms with E-state index in [-0.39, 0.29) is 0 Å². The Morgan fingerprint density at radius 3 is 2.42 bits per heavy atom. The number of rotatable bonds is 3. The molecule has 0 heterocycles. The first-order valence-corrected chi connectivity index (χ1v) is 4.77. The van der Waals surface area contributed by atoms with Crippen LogP contribution >= 0.6 is 9.47 Å². The fourth-order valence-electron chi connectivity index (χ4n) is 1.72. The summed E-state index contributed by atoms with van der Waals surface area (Å²) >= 11 is 0. The van der Waals surface area contributed by atoms with E-state index in [4.69, 9.17) is 9.63 Å². The average Bonchev–Trinajstić information content (AvgIpc) is 2.05. The third kappa shape index (κ3) is 3.08. The molecule has 1 aliphatic carbocycles. The summed E-state index contributed by atoms with van der Waals surface area (Å²) in [5.41, 5.74) is 0. The van der Waals surface area contributed by atoms with E-state index in [0.717, 1.165) is 25.7 Å². The fraction of sp³-hybridized carbons (Fsp3) is 0.875. The van der Waals surface area contributed by atoms with Gasteiger partial charge in [0.1, 0.15) is 0 Å². The van der Waals surface area contributed by atoms with E-state index in [1.807, 2.05) is 0 Å². The minimum absolute atomic E-state index is 0.323. The number of hydrogen-bond donors (Lipinski definition) is 1. The van der Waals surface area contributed by atoms with Gasteiger partial charge in [0.15, 0.2) is 0 Å². The van der Waals surface area contributed by atoms with E-state index in [9.17, 15) is 4.79 Å². The highest BCUT2D eigenvalue weighted by atomic mass is 31.0. The Kier molecular flexibility index (Phi) is 3.96. The van der Waals surface area contributed by atoms with E-state index in [2.05, 4.69) is 9.47 Å². The van der Waals surface area contributed by atoms with Crippen molar-refractivity contribution in [2.75, 3.05) is 0 Å². The number of carboxylic acid groups (broad SMARTS) is 1. The summed E-state index contributed by atoms with van der Waals surface area (Å²) in [6, 6.07) is 0. The highest BCUT2D eigenvalue weighted by molar-refractivity contribution is 7.09. The Morgan fingerprint density at radius 2 is 2.00 bits per heavy atom. The zero-order chi connectivity index (χ0) is 8.97. The standard InChI is InChI=1S/C8H15O3P/c9-8(10)5-6-1-3-7(11-12)4-2-6/h6-7H,1-5,12H2,(H,9,10). The van der Waals surface area contributed by atoms with Crippen LogP contribution in [0.1, 0.15) is 32.1 Å². The number of carboxylic acids is 1. The Morgan fingerprint density at radius 1 is 1.42 bits per heavy atom. The number of carbonyl (C=O) groups is 1. The lowest BCUT2D eigenvalue weighted by atomic mass is 9.85. The largest absolute Gasteiger partial charge is 0.481 e. The van der Waals surface area contributed by atoms with Gasteiger partial charge in [0.05, 0.1) is 6.10 Å². The van der Waals surface area contributed by atoms with Crippen LogP contribution in [-0.2, 0) is 9.32 Å². The van der Waals surface area contributed by atoms with Gasteiger partial charge in [-0.05, 0) is 31.6 Å². The van der Waals surface area contributed by atoms with E-state index in [0.29, 0.717) is 18.4 Å². The van der Waals surface area contributed by atoms with Gasteiger partial charge in [-0.15, -0.1) is 0 Å². The van der Waals surface area contributed by atoms with Gasteiger partial charge >= 0.3 is 5.97 Å². The Balaban J connectivity index is 2.21.